The third-order valence-corrected chi connectivity index (χ3v) is 2.78. The maximum Gasteiger partial charge on any atom is 0.277 e. The molecule has 23 heavy (non-hydrogen) atoms. The molecule has 5 heteroatoms. The average Bonchev–Trinajstić information content (AvgIpc) is 2.60. The summed E-state index contributed by atoms with van der Waals surface area (Å²) in [6.45, 7) is 3.91. The van der Waals surface area contributed by atoms with E-state index in [-0.39, 0.29) is 12.5 Å². The van der Waals surface area contributed by atoms with Gasteiger partial charge in [0, 0.05) is 5.56 Å². The minimum Gasteiger partial charge on any atom is -0.489 e. The lowest BCUT2D eigenvalue weighted by Gasteiger charge is -2.06. The third kappa shape index (κ3) is 5.67. The second-order valence-corrected chi connectivity index (χ2v) is 4.53. The van der Waals surface area contributed by atoms with Crippen LogP contribution in [0.15, 0.2) is 72.4 Å². The molecule has 0 bridgehead atoms. The predicted octanol–water partition coefficient (Wildman–Crippen LogP) is 2.78. The quantitative estimate of drug-likeness (QED) is 0.463. The van der Waals surface area contributed by atoms with Gasteiger partial charge in [-0.15, -0.1) is 0 Å². The second-order valence-electron chi connectivity index (χ2n) is 4.53. The van der Waals surface area contributed by atoms with Crippen molar-refractivity contribution in [3.05, 3.63) is 72.8 Å². The summed E-state index contributed by atoms with van der Waals surface area (Å²) in [5.74, 6) is 0.968. The van der Waals surface area contributed by atoms with Crippen molar-refractivity contribution in [2.75, 3.05) is 13.2 Å². The van der Waals surface area contributed by atoms with Crippen molar-refractivity contribution in [2.24, 2.45) is 5.10 Å². The highest BCUT2D eigenvalue weighted by atomic mass is 16.5. The van der Waals surface area contributed by atoms with Crippen molar-refractivity contribution >= 4 is 12.1 Å². The molecule has 5 nitrogen and oxygen atoms in total. The van der Waals surface area contributed by atoms with E-state index in [0.29, 0.717) is 18.1 Å². The number of hydrogen-bond donors (Lipinski definition) is 1. The summed E-state index contributed by atoms with van der Waals surface area (Å²) in [5.41, 5.74) is 3.18. The van der Waals surface area contributed by atoms with Gasteiger partial charge in [0.05, 0.1) is 6.21 Å². The molecule has 2 rings (SSSR count). The fourth-order valence-corrected chi connectivity index (χ4v) is 1.74. The first-order valence-electron chi connectivity index (χ1n) is 7.12. The Kier molecular flexibility index (Phi) is 6.41. The maximum absolute atomic E-state index is 11.7. The van der Waals surface area contributed by atoms with E-state index in [1.807, 2.05) is 42.5 Å². The van der Waals surface area contributed by atoms with Crippen molar-refractivity contribution in [2.45, 2.75) is 0 Å². The van der Waals surface area contributed by atoms with Crippen LogP contribution >= 0.6 is 0 Å². The molecule has 0 aliphatic heterocycles. The SMILES string of the molecule is C=CCOc1ccccc1/C=N/NC(=O)COc1ccccc1. The van der Waals surface area contributed by atoms with Gasteiger partial charge in [0.15, 0.2) is 6.61 Å². The number of hydrogen-bond acceptors (Lipinski definition) is 4. The Bertz CT molecular complexity index is 669. The smallest absolute Gasteiger partial charge is 0.277 e. The summed E-state index contributed by atoms with van der Waals surface area (Å²) in [5, 5.41) is 3.91. The van der Waals surface area contributed by atoms with E-state index in [2.05, 4.69) is 17.1 Å². The highest BCUT2D eigenvalue weighted by Gasteiger charge is 2.02. The zero-order valence-electron chi connectivity index (χ0n) is 12.6. The molecule has 1 N–H and O–H groups in total. The number of carbonyl (C=O) groups is 1. The number of para-hydroxylation sites is 2. The monoisotopic (exact) mass is 310 g/mol. The molecule has 0 saturated carbocycles. The van der Waals surface area contributed by atoms with Crippen molar-refractivity contribution in [1.29, 1.82) is 0 Å². The highest BCUT2D eigenvalue weighted by molar-refractivity contribution is 5.85. The Labute approximate surface area is 135 Å². The van der Waals surface area contributed by atoms with Gasteiger partial charge in [0.2, 0.25) is 0 Å². The number of rotatable bonds is 8. The van der Waals surface area contributed by atoms with Gasteiger partial charge >= 0.3 is 0 Å². The number of nitrogens with zero attached hydrogens (tertiary/aromatic N) is 1. The Hall–Kier alpha value is -3.08. The van der Waals surface area contributed by atoms with Crippen molar-refractivity contribution in [3.8, 4) is 11.5 Å². The zero-order valence-corrected chi connectivity index (χ0v) is 12.6. The van der Waals surface area contributed by atoms with Gasteiger partial charge in [-0.1, -0.05) is 43.0 Å². The number of carbonyl (C=O) groups excluding carboxylic acids is 1. The van der Waals surface area contributed by atoms with E-state index in [1.54, 1.807) is 18.2 Å². The van der Waals surface area contributed by atoms with Crippen LogP contribution in [0.25, 0.3) is 0 Å². The minimum atomic E-state index is -0.338. The number of amides is 1. The largest absolute Gasteiger partial charge is 0.489 e. The first kappa shape index (κ1) is 16.3. The topological polar surface area (TPSA) is 59.9 Å². The molecule has 0 aromatic heterocycles. The van der Waals surface area contributed by atoms with E-state index in [4.69, 9.17) is 9.47 Å². The lowest BCUT2D eigenvalue weighted by Crippen LogP contribution is -2.24. The van der Waals surface area contributed by atoms with Crippen LogP contribution < -0.4 is 14.9 Å². The Morgan fingerprint density at radius 3 is 2.61 bits per heavy atom. The maximum atomic E-state index is 11.7. The van der Waals surface area contributed by atoms with Crippen LogP contribution in [0.1, 0.15) is 5.56 Å². The molecule has 2 aromatic carbocycles. The Morgan fingerprint density at radius 2 is 1.83 bits per heavy atom. The summed E-state index contributed by atoms with van der Waals surface area (Å²) >= 11 is 0. The summed E-state index contributed by atoms with van der Waals surface area (Å²) in [6.07, 6.45) is 3.19. The Balaban J connectivity index is 1.84. The van der Waals surface area contributed by atoms with Crippen LogP contribution in [-0.4, -0.2) is 25.3 Å². The number of nitrogens with one attached hydrogen (secondary N) is 1. The van der Waals surface area contributed by atoms with Crippen LogP contribution in [-0.2, 0) is 4.79 Å². The summed E-state index contributed by atoms with van der Waals surface area (Å²) in [7, 11) is 0. The van der Waals surface area contributed by atoms with Crippen molar-refractivity contribution < 1.29 is 14.3 Å². The lowest BCUT2D eigenvalue weighted by atomic mass is 10.2. The van der Waals surface area contributed by atoms with E-state index in [1.165, 1.54) is 6.21 Å². The first-order valence-corrected chi connectivity index (χ1v) is 7.12. The summed E-state index contributed by atoms with van der Waals surface area (Å²) in [6, 6.07) is 16.5. The molecule has 0 aliphatic carbocycles. The zero-order chi connectivity index (χ0) is 16.3. The molecule has 0 radical (unpaired) electrons. The molecule has 0 unspecified atom stereocenters. The van der Waals surface area contributed by atoms with Crippen molar-refractivity contribution in [1.82, 2.24) is 5.43 Å². The highest BCUT2D eigenvalue weighted by Crippen LogP contribution is 2.15. The predicted molar refractivity (Wildman–Crippen MR) is 89.8 cm³/mol. The van der Waals surface area contributed by atoms with Gasteiger partial charge in [-0.3, -0.25) is 4.79 Å². The molecule has 0 atom stereocenters. The first-order chi connectivity index (χ1) is 11.3. The van der Waals surface area contributed by atoms with E-state index in [9.17, 15) is 4.79 Å². The normalized spacial score (nSPS) is 10.3. The molecule has 0 spiro atoms. The van der Waals surface area contributed by atoms with E-state index in [0.717, 1.165) is 5.56 Å². The van der Waals surface area contributed by atoms with Crippen molar-refractivity contribution in [3.63, 3.8) is 0 Å². The molecular weight excluding hydrogens is 292 g/mol. The van der Waals surface area contributed by atoms with Crippen LogP contribution in [0, 0.1) is 0 Å². The molecule has 1 amide bonds. The molecule has 2 aromatic rings. The average molecular weight is 310 g/mol. The van der Waals surface area contributed by atoms with E-state index < -0.39 is 0 Å². The molecule has 0 saturated heterocycles. The van der Waals surface area contributed by atoms with Gasteiger partial charge in [-0.25, -0.2) is 5.43 Å². The van der Waals surface area contributed by atoms with Gasteiger partial charge in [0.25, 0.3) is 5.91 Å². The third-order valence-electron chi connectivity index (χ3n) is 2.78. The van der Waals surface area contributed by atoms with Gasteiger partial charge in [-0.2, -0.15) is 5.10 Å². The molecule has 0 heterocycles. The van der Waals surface area contributed by atoms with Crippen LogP contribution in [0.3, 0.4) is 0 Å². The van der Waals surface area contributed by atoms with Crippen LogP contribution in [0.4, 0.5) is 0 Å². The minimum absolute atomic E-state index is 0.101. The molecule has 0 fully saturated rings. The number of ether oxygens (including phenoxy) is 2. The Morgan fingerprint density at radius 1 is 1.09 bits per heavy atom. The van der Waals surface area contributed by atoms with Crippen LogP contribution in [0.5, 0.6) is 11.5 Å². The number of benzene rings is 2. The fourth-order valence-electron chi connectivity index (χ4n) is 1.74. The molecule has 118 valence electrons. The lowest BCUT2D eigenvalue weighted by molar-refractivity contribution is -0.123. The molecular formula is C18H18N2O3. The summed E-state index contributed by atoms with van der Waals surface area (Å²) < 4.78 is 10.8. The second kappa shape index (κ2) is 9.04. The fraction of sp³-hybridized carbons (Fsp3) is 0.111. The van der Waals surface area contributed by atoms with Gasteiger partial charge < -0.3 is 9.47 Å². The summed E-state index contributed by atoms with van der Waals surface area (Å²) in [4.78, 5) is 11.7. The standard InChI is InChI=1S/C18H18N2O3/c1-2-12-22-17-11-7-6-8-15(17)13-19-20-18(21)14-23-16-9-4-3-5-10-16/h2-11,13H,1,12,14H2,(H,20,21)/b19-13+. The van der Waals surface area contributed by atoms with Crippen LogP contribution in [0.2, 0.25) is 0 Å². The van der Waals surface area contributed by atoms with Gasteiger partial charge in [-0.05, 0) is 24.3 Å². The number of hydrazone groups is 1. The molecule has 0 aliphatic rings. The van der Waals surface area contributed by atoms with Gasteiger partial charge in [0.1, 0.15) is 18.1 Å². The van der Waals surface area contributed by atoms with E-state index >= 15 is 0 Å².